The van der Waals surface area contributed by atoms with Crippen LogP contribution in [0.2, 0.25) is 0 Å². The first-order chi connectivity index (χ1) is 14.9. The fourth-order valence-electron chi connectivity index (χ4n) is 4.87. The highest BCUT2D eigenvalue weighted by molar-refractivity contribution is 6.08. The number of anilines is 1. The first kappa shape index (κ1) is 19.4. The Morgan fingerprint density at radius 1 is 1.06 bits per heavy atom. The Morgan fingerprint density at radius 3 is 2.65 bits per heavy atom. The van der Waals surface area contributed by atoms with Crippen LogP contribution in [0.25, 0.3) is 0 Å². The molecule has 0 fully saturated rings. The van der Waals surface area contributed by atoms with Gasteiger partial charge in [-0.3, -0.25) is 14.5 Å². The fraction of sp³-hybridized carbons (Fsp3) is 0.320. The molecule has 0 N–H and O–H groups in total. The van der Waals surface area contributed by atoms with E-state index >= 15 is 0 Å². The molecule has 6 heteroatoms. The summed E-state index contributed by atoms with van der Waals surface area (Å²) in [5.74, 6) is 0.898. The summed E-state index contributed by atoms with van der Waals surface area (Å²) in [6.45, 7) is 4.25. The van der Waals surface area contributed by atoms with Gasteiger partial charge in [0, 0.05) is 30.0 Å². The van der Waals surface area contributed by atoms with E-state index in [9.17, 15) is 14.9 Å². The van der Waals surface area contributed by atoms with Gasteiger partial charge in [-0.2, -0.15) is 5.26 Å². The number of carbonyl (C=O) groups is 2. The molecule has 2 heterocycles. The molecule has 31 heavy (non-hydrogen) atoms. The third-order valence-electron chi connectivity index (χ3n) is 6.21. The van der Waals surface area contributed by atoms with Crippen molar-refractivity contribution in [1.29, 1.82) is 5.26 Å². The van der Waals surface area contributed by atoms with Crippen molar-refractivity contribution in [3.63, 3.8) is 0 Å². The number of fused-ring (bicyclic) bond motifs is 1. The number of nitrogens with zero attached hydrogens (tertiary/aromatic N) is 2. The molecule has 0 radical (unpaired) electrons. The molecule has 1 atom stereocenters. The molecule has 0 bridgehead atoms. The number of carbonyl (C=O) groups excluding carboxylic acids is 2. The van der Waals surface area contributed by atoms with Crippen LogP contribution in [0.5, 0.6) is 11.5 Å². The van der Waals surface area contributed by atoms with Crippen molar-refractivity contribution in [1.82, 2.24) is 0 Å². The van der Waals surface area contributed by atoms with Crippen molar-refractivity contribution >= 4 is 17.4 Å². The average molecular weight is 414 g/mol. The predicted octanol–water partition coefficient (Wildman–Crippen LogP) is 4.45. The maximum absolute atomic E-state index is 13.5. The van der Waals surface area contributed by atoms with Gasteiger partial charge >= 0.3 is 0 Å². The highest BCUT2D eigenvalue weighted by Gasteiger charge is 2.45. The molecule has 3 aliphatic rings. The van der Waals surface area contributed by atoms with Crippen LogP contribution in [0.3, 0.4) is 0 Å². The summed E-state index contributed by atoms with van der Waals surface area (Å²) < 4.78 is 10.9. The normalized spacial score (nSPS) is 21.7. The van der Waals surface area contributed by atoms with Crippen molar-refractivity contribution in [2.75, 3.05) is 11.7 Å². The number of hydrogen-bond donors (Lipinski definition) is 0. The summed E-state index contributed by atoms with van der Waals surface area (Å²) in [4.78, 5) is 28.5. The van der Waals surface area contributed by atoms with Gasteiger partial charge in [0.25, 0.3) is 0 Å². The van der Waals surface area contributed by atoms with Crippen molar-refractivity contribution in [2.24, 2.45) is 5.41 Å². The second-order valence-electron chi connectivity index (χ2n) is 9.03. The number of para-hydroxylation sites is 1. The van der Waals surface area contributed by atoms with Crippen molar-refractivity contribution in [3.05, 3.63) is 64.9 Å². The van der Waals surface area contributed by atoms with Crippen LogP contribution in [-0.2, 0) is 9.59 Å². The SMILES string of the molecule is CC1(C)CC(=O)C2=C(C1)N(c1ccccc1C#N)C(=O)CC2c1ccc2c(c1)OCO2. The van der Waals surface area contributed by atoms with Crippen LogP contribution in [0.1, 0.15) is 50.2 Å². The van der Waals surface area contributed by atoms with E-state index in [0.717, 1.165) is 5.56 Å². The molecule has 0 saturated carbocycles. The molecule has 1 unspecified atom stereocenters. The Labute approximate surface area is 180 Å². The lowest BCUT2D eigenvalue weighted by molar-refractivity contribution is -0.121. The van der Waals surface area contributed by atoms with E-state index < -0.39 is 0 Å². The minimum atomic E-state index is -0.342. The number of rotatable bonds is 2. The fourth-order valence-corrected chi connectivity index (χ4v) is 4.87. The summed E-state index contributed by atoms with van der Waals surface area (Å²) in [6.07, 6.45) is 1.17. The number of ether oxygens (including phenoxy) is 2. The third-order valence-corrected chi connectivity index (χ3v) is 6.21. The van der Waals surface area contributed by atoms with Crippen LogP contribution in [0, 0.1) is 16.7 Å². The molecular formula is C25H22N2O4. The molecule has 1 amide bonds. The Kier molecular flexibility index (Phi) is 4.37. The number of benzene rings is 2. The minimum Gasteiger partial charge on any atom is -0.454 e. The Morgan fingerprint density at radius 2 is 1.84 bits per heavy atom. The van der Waals surface area contributed by atoms with Crippen LogP contribution in [0.15, 0.2) is 53.7 Å². The summed E-state index contributed by atoms with van der Waals surface area (Å²) in [5, 5.41) is 9.61. The highest BCUT2D eigenvalue weighted by Crippen LogP contribution is 2.49. The number of nitriles is 1. The number of allylic oxidation sites excluding steroid dienone is 2. The zero-order valence-electron chi connectivity index (χ0n) is 17.5. The topological polar surface area (TPSA) is 79.6 Å². The van der Waals surface area contributed by atoms with E-state index in [1.165, 1.54) is 0 Å². The molecule has 6 nitrogen and oxygen atoms in total. The molecule has 5 rings (SSSR count). The number of ketones is 1. The maximum atomic E-state index is 13.5. The van der Waals surface area contributed by atoms with E-state index in [1.807, 2.05) is 38.1 Å². The van der Waals surface area contributed by atoms with Gasteiger partial charge in [-0.1, -0.05) is 32.0 Å². The van der Waals surface area contributed by atoms with Crippen LogP contribution >= 0.6 is 0 Å². The summed E-state index contributed by atoms with van der Waals surface area (Å²) >= 11 is 0. The number of amides is 1. The Balaban J connectivity index is 1.69. The standard InChI is InChI=1S/C25H22N2O4/c1-25(2)11-19-24(20(28)12-25)17(15-7-8-21-22(9-15)31-14-30-21)10-23(29)27(19)18-6-4-3-5-16(18)13-26/h3-9,17H,10-12,14H2,1-2H3. The van der Waals surface area contributed by atoms with Gasteiger partial charge in [0.1, 0.15) is 6.07 Å². The first-order valence-corrected chi connectivity index (χ1v) is 10.4. The van der Waals surface area contributed by atoms with Crippen LogP contribution < -0.4 is 14.4 Å². The summed E-state index contributed by atoms with van der Waals surface area (Å²) in [6, 6.07) is 14.8. The third kappa shape index (κ3) is 3.17. The van der Waals surface area contributed by atoms with Crippen molar-refractivity contribution in [3.8, 4) is 17.6 Å². The molecule has 1 aliphatic carbocycles. The van der Waals surface area contributed by atoms with E-state index in [1.54, 1.807) is 23.1 Å². The van der Waals surface area contributed by atoms with Crippen molar-refractivity contribution in [2.45, 2.75) is 39.0 Å². The minimum absolute atomic E-state index is 0.0563. The smallest absolute Gasteiger partial charge is 0.232 e. The number of Topliss-reactive ketones (excluding diaryl/α,β-unsaturated/α-hetero) is 1. The number of hydrogen-bond acceptors (Lipinski definition) is 5. The lowest BCUT2D eigenvalue weighted by Gasteiger charge is -2.43. The lowest BCUT2D eigenvalue weighted by Crippen LogP contribution is -2.44. The van der Waals surface area contributed by atoms with Crippen LogP contribution in [-0.4, -0.2) is 18.5 Å². The largest absolute Gasteiger partial charge is 0.454 e. The molecule has 2 aromatic rings. The predicted molar refractivity (Wildman–Crippen MR) is 114 cm³/mol. The van der Waals surface area contributed by atoms with Crippen molar-refractivity contribution < 1.29 is 19.1 Å². The summed E-state index contributed by atoms with van der Waals surface area (Å²) in [5.41, 5.74) is 2.93. The monoisotopic (exact) mass is 414 g/mol. The van der Waals surface area contributed by atoms with Gasteiger partial charge in [0.2, 0.25) is 12.7 Å². The highest BCUT2D eigenvalue weighted by atomic mass is 16.7. The Bertz CT molecular complexity index is 1190. The van der Waals surface area contributed by atoms with Gasteiger partial charge in [0.05, 0.1) is 11.3 Å². The maximum Gasteiger partial charge on any atom is 0.232 e. The lowest BCUT2D eigenvalue weighted by atomic mass is 9.69. The van der Waals surface area contributed by atoms with Gasteiger partial charge in [-0.25, -0.2) is 0 Å². The second-order valence-corrected chi connectivity index (χ2v) is 9.03. The molecular weight excluding hydrogens is 392 g/mol. The van der Waals surface area contributed by atoms with E-state index in [2.05, 4.69) is 6.07 Å². The molecule has 0 saturated heterocycles. The summed E-state index contributed by atoms with van der Waals surface area (Å²) in [7, 11) is 0. The average Bonchev–Trinajstić information content (AvgIpc) is 3.20. The Hall–Kier alpha value is -3.59. The zero-order valence-corrected chi connectivity index (χ0v) is 17.5. The van der Waals surface area contributed by atoms with E-state index in [-0.39, 0.29) is 36.2 Å². The second kappa shape index (κ2) is 6.98. The van der Waals surface area contributed by atoms with Gasteiger partial charge in [-0.15, -0.1) is 0 Å². The first-order valence-electron chi connectivity index (χ1n) is 10.4. The zero-order chi connectivity index (χ0) is 21.8. The quantitative estimate of drug-likeness (QED) is 0.725. The molecule has 156 valence electrons. The van der Waals surface area contributed by atoms with Gasteiger partial charge < -0.3 is 9.47 Å². The van der Waals surface area contributed by atoms with E-state index in [4.69, 9.17) is 9.47 Å². The van der Waals surface area contributed by atoms with Gasteiger partial charge in [-0.05, 0) is 41.7 Å². The van der Waals surface area contributed by atoms with E-state index in [0.29, 0.717) is 46.9 Å². The molecule has 2 aliphatic heterocycles. The molecule has 0 aromatic heterocycles. The molecule has 2 aromatic carbocycles. The molecule has 0 spiro atoms. The van der Waals surface area contributed by atoms with Gasteiger partial charge in [0.15, 0.2) is 17.3 Å². The van der Waals surface area contributed by atoms with Crippen LogP contribution in [0.4, 0.5) is 5.69 Å².